The number of nitrogens with zero attached hydrogens (tertiary/aromatic N) is 3. The third kappa shape index (κ3) is 2.14. The molecule has 1 heterocycles. The number of hydrogen-bond acceptors (Lipinski definition) is 4. The van der Waals surface area contributed by atoms with Gasteiger partial charge in [-0.3, -0.25) is 0 Å². The van der Waals surface area contributed by atoms with Crippen LogP contribution in [0.25, 0.3) is 16.7 Å². The maximum atomic E-state index is 5.90. The summed E-state index contributed by atoms with van der Waals surface area (Å²) in [5, 5.41) is 9.13. The Morgan fingerprint density at radius 2 is 1.85 bits per heavy atom. The molecule has 20 heavy (non-hydrogen) atoms. The molecule has 0 saturated carbocycles. The van der Waals surface area contributed by atoms with Crippen molar-refractivity contribution in [2.45, 2.75) is 18.7 Å². The van der Waals surface area contributed by atoms with Crippen LogP contribution in [0.1, 0.15) is 11.1 Å². The van der Waals surface area contributed by atoms with Crippen LogP contribution in [0, 0.1) is 13.8 Å². The number of nitrogens with two attached hydrogens (primary N) is 1. The number of aromatic nitrogens is 3. The molecular weight excluding hydrogens is 268 g/mol. The first-order valence-electron chi connectivity index (χ1n) is 6.36. The van der Waals surface area contributed by atoms with E-state index in [2.05, 4.69) is 36.2 Å². The van der Waals surface area contributed by atoms with Gasteiger partial charge in [-0.2, -0.15) is 4.80 Å². The van der Waals surface area contributed by atoms with E-state index in [0.29, 0.717) is 5.69 Å². The Labute approximate surface area is 122 Å². The fourth-order valence-electron chi connectivity index (χ4n) is 2.13. The van der Waals surface area contributed by atoms with Gasteiger partial charge >= 0.3 is 0 Å². The zero-order valence-corrected chi connectivity index (χ0v) is 12.5. The fraction of sp³-hybridized carbons (Fsp3) is 0.200. The zero-order valence-electron chi connectivity index (χ0n) is 11.7. The second kappa shape index (κ2) is 4.83. The predicted octanol–water partition coefficient (Wildman–Crippen LogP) is 3.34. The average Bonchev–Trinajstić information content (AvgIpc) is 2.84. The molecule has 0 saturated heterocycles. The highest BCUT2D eigenvalue weighted by Gasteiger charge is 2.10. The van der Waals surface area contributed by atoms with E-state index < -0.39 is 0 Å². The van der Waals surface area contributed by atoms with E-state index in [0.717, 1.165) is 21.6 Å². The lowest BCUT2D eigenvalue weighted by atomic mass is 10.1. The molecule has 2 N–H and O–H groups in total. The van der Waals surface area contributed by atoms with Crippen molar-refractivity contribution in [2.24, 2.45) is 0 Å². The Bertz CT molecular complexity index is 792. The number of thioether (sulfide) groups is 1. The van der Waals surface area contributed by atoms with E-state index in [1.807, 2.05) is 24.5 Å². The highest BCUT2D eigenvalue weighted by atomic mass is 32.2. The van der Waals surface area contributed by atoms with Gasteiger partial charge in [0.05, 0.1) is 5.69 Å². The van der Waals surface area contributed by atoms with Crippen LogP contribution >= 0.6 is 11.8 Å². The Balaban J connectivity index is 2.19. The third-order valence-electron chi connectivity index (χ3n) is 3.42. The minimum Gasteiger partial charge on any atom is -0.399 e. The van der Waals surface area contributed by atoms with E-state index in [9.17, 15) is 0 Å². The van der Waals surface area contributed by atoms with Crippen LogP contribution < -0.4 is 5.73 Å². The summed E-state index contributed by atoms with van der Waals surface area (Å²) in [6.45, 7) is 4.19. The Kier molecular flexibility index (Phi) is 3.14. The zero-order chi connectivity index (χ0) is 14.3. The molecule has 0 spiro atoms. The van der Waals surface area contributed by atoms with Crippen LogP contribution in [0.15, 0.2) is 35.2 Å². The SMILES string of the molecule is CSc1cc(N)cc2nn(-c3ccc(C)c(C)c3)nc12. The van der Waals surface area contributed by atoms with Crippen molar-refractivity contribution < 1.29 is 0 Å². The molecule has 4 nitrogen and oxygen atoms in total. The Morgan fingerprint density at radius 3 is 2.55 bits per heavy atom. The van der Waals surface area contributed by atoms with Gasteiger partial charge in [0, 0.05) is 10.6 Å². The molecule has 0 aliphatic heterocycles. The molecule has 0 radical (unpaired) electrons. The molecular formula is C15H16N4S. The standard InChI is InChI=1S/C15H16N4S/c1-9-4-5-12(6-10(9)2)19-17-13-7-11(16)8-14(20-3)15(13)18-19/h4-8H,16H2,1-3H3. The van der Waals surface area contributed by atoms with Crippen molar-refractivity contribution in [3.05, 3.63) is 41.5 Å². The van der Waals surface area contributed by atoms with E-state index in [4.69, 9.17) is 5.73 Å². The summed E-state index contributed by atoms with van der Waals surface area (Å²) in [7, 11) is 0. The van der Waals surface area contributed by atoms with Crippen molar-refractivity contribution in [1.82, 2.24) is 15.0 Å². The number of hydrogen-bond donors (Lipinski definition) is 1. The second-order valence-corrected chi connectivity index (χ2v) is 5.70. The third-order valence-corrected chi connectivity index (χ3v) is 4.17. The van der Waals surface area contributed by atoms with Gasteiger partial charge in [0.1, 0.15) is 11.0 Å². The number of anilines is 1. The molecule has 3 aromatic rings. The normalized spacial score (nSPS) is 11.2. The highest BCUT2D eigenvalue weighted by molar-refractivity contribution is 7.98. The number of fused-ring (bicyclic) bond motifs is 1. The number of rotatable bonds is 2. The summed E-state index contributed by atoms with van der Waals surface area (Å²) >= 11 is 1.63. The lowest BCUT2D eigenvalue weighted by molar-refractivity contribution is 0.763. The Hall–Kier alpha value is -2.01. The van der Waals surface area contributed by atoms with Gasteiger partial charge in [-0.15, -0.1) is 22.0 Å². The van der Waals surface area contributed by atoms with Crippen molar-refractivity contribution >= 4 is 28.5 Å². The highest BCUT2D eigenvalue weighted by Crippen LogP contribution is 2.27. The molecule has 102 valence electrons. The van der Waals surface area contributed by atoms with E-state index in [1.54, 1.807) is 16.6 Å². The van der Waals surface area contributed by atoms with Crippen molar-refractivity contribution in [2.75, 3.05) is 12.0 Å². The fourth-order valence-corrected chi connectivity index (χ4v) is 2.72. The lowest BCUT2D eigenvalue weighted by Crippen LogP contribution is -1.99. The summed E-state index contributed by atoms with van der Waals surface area (Å²) in [5.41, 5.74) is 11.8. The molecule has 3 rings (SSSR count). The summed E-state index contributed by atoms with van der Waals surface area (Å²) in [5.74, 6) is 0. The van der Waals surface area contributed by atoms with E-state index in [1.165, 1.54) is 11.1 Å². The van der Waals surface area contributed by atoms with Crippen molar-refractivity contribution in [3.8, 4) is 5.69 Å². The van der Waals surface area contributed by atoms with Crippen LogP contribution in [-0.4, -0.2) is 21.2 Å². The van der Waals surface area contributed by atoms with Crippen LogP contribution in [0.4, 0.5) is 5.69 Å². The van der Waals surface area contributed by atoms with Gasteiger partial charge < -0.3 is 5.73 Å². The summed E-state index contributed by atoms with van der Waals surface area (Å²) in [4.78, 5) is 2.73. The summed E-state index contributed by atoms with van der Waals surface area (Å²) in [6, 6.07) is 10.0. The smallest absolute Gasteiger partial charge is 0.127 e. The van der Waals surface area contributed by atoms with Gasteiger partial charge in [-0.05, 0) is 55.5 Å². The molecule has 2 aromatic carbocycles. The largest absolute Gasteiger partial charge is 0.399 e. The predicted molar refractivity (Wildman–Crippen MR) is 84.5 cm³/mol. The number of nitrogen functional groups attached to an aromatic ring is 1. The Morgan fingerprint density at radius 1 is 1.05 bits per heavy atom. The lowest BCUT2D eigenvalue weighted by Gasteiger charge is -2.03. The first-order chi connectivity index (χ1) is 9.58. The van der Waals surface area contributed by atoms with E-state index in [-0.39, 0.29) is 0 Å². The first kappa shape index (κ1) is 13.0. The molecule has 0 bridgehead atoms. The average molecular weight is 284 g/mol. The van der Waals surface area contributed by atoms with Gasteiger partial charge in [0.2, 0.25) is 0 Å². The van der Waals surface area contributed by atoms with Crippen LogP contribution in [0.3, 0.4) is 0 Å². The molecule has 5 heteroatoms. The van der Waals surface area contributed by atoms with Crippen LogP contribution in [-0.2, 0) is 0 Å². The minimum absolute atomic E-state index is 0.717. The number of benzene rings is 2. The topological polar surface area (TPSA) is 56.7 Å². The molecule has 0 amide bonds. The first-order valence-corrected chi connectivity index (χ1v) is 7.59. The van der Waals surface area contributed by atoms with E-state index >= 15 is 0 Å². The van der Waals surface area contributed by atoms with Gasteiger partial charge in [0.25, 0.3) is 0 Å². The molecule has 0 fully saturated rings. The van der Waals surface area contributed by atoms with Crippen LogP contribution in [0.2, 0.25) is 0 Å². The van der Waals surface area contributed by atoms with Crippen LogP contribution in [0.5, 0.6) is 0 Å². The number of aryl methyl sites for hydroxylation is 2. The molecule has 0 unspecified atom stereocenters. The quantitative estimate of drug-likeness (QED) is 0.579. The van der Waals surface area contributed by atoms with Gasteiger partial charge in [-0.1, -0.05) is 6.07 Å². The summed E-state index contributed by atoms with van der Waals surface area (Å²) in [6.07, 6.45) is 2.02. The maximum Gasteiger partial charge on any atom is 0.127 e. The van der Waals surface area contributed by atoms with Gasteiger partial charge in [0.15, 0.2) is 0 Å². The molecule has 1 aromatic heterocycles. The van der Waals surface area contributed by atoms with Crippen molar-refractivity contribution in [1.29, 1.82) is 0 Å². The summed E-state index contributed by atoms with van der Waals surface area (Å²) < 4.78 is 0. The minimum atomic E-state index is 0.717. The molecule has 0 aliphatic rings. The second-order valence-electron chi connectivity index (χ2n) is 4.85. The molecule has 0 aliphatic carbocycles. The molecule has 0 atom stereocenters. The maximum absolute atomic E-state index is 5.90. The van der Waals surface area contributed by atoms with Gasteiger partial charge in [-0.25, -0.2) is 0 Å². The van der Waals surface area contributed by atoms with Crippen molar-refractivity contribution in [3.63, 3.8) is 0 Å². The monoisotopic (exact) mass is 284 g/mol.